The van der Waals surface area contributed by atoms with Crippen LogP contribution in [0.3, 0.4) is 0 Å². The standard InChI is InChI=1S/C13H25NO/c1-2-3-4-5-6-9-14-10-7-13-8-11-15-12-13/h2,13-14H,1,3-12H2. The zero-order valence-corrected chi connectivity index (χ0v) is 9.84. The number of hydrogen-bond donors (Lipinski definition) is 1. The molecule has 0 aromatic carbocycles. The van der Waals surface area contributed by atoms with Gasteiger partial charge in [0.15, 0.2) is 0 Å². The highest BCUT2D eigenvalue weighted by Crippen LogP contribution is 2.15. The van der Waals surface area contributed by atoms with Crippen LogP contribution in [0.25, 0.3) is 0 Å². The van der Waals surface area contributed by atoms with Gasteiger partial charge in [-0.25, -0.2) is 0 Å². The molecule has 0 aromatic heterocycles. The second-order valence-corrected chi connectivity index (χ2v) is 4.41. The van der Waals surface area contributed by atoms with E-state index >= 15 is 0 Å². The molecule has 1 N–H and O–H groups in total. The third-order valence-electron chi connectivity index (χ3n) is 3.02. The molecule has 1 fully saturated rings. The molecule has 1 saturated heterocycles. The third kappa shape index (κ3) is 6.69. The van der Waals surface area contributed by atoms with Crippen LogP contribution >= 0.6 is 0 Å². The topological polar surface area (TPSA) is 21.3 Å². The quantitative estimate of drug-likeness (QED) is 0.468. The molecule has 0 aromatic rings. The fourth-order valence-electron chi connectivity index (χ4n) is 1.96. The molecule has 0 bridgehead atoms. The van der Waals surface area contributed by atoms with Crippen molar-refractivity contribution in [1.82, 2.24) is 5.32 Å². The van der Waals surface area contributed by atoms with Gasteiger partial charge in [-0.1, -0.05) is 12.5 Å². The summed E-state index contributed by atoms with van der Waals surface area (Å²) in [4.78, 5) is 0. The summed E-state index contributed by atoms with van der Waals surface area (Å²) in [6, 6.07) is 0. The van der Waals surface area contributed by atoms with Crippen LogP contribution in [0.4, 0.5) is 0 Å². The predicted molar refractivity (Wildman–Crippen MR) is 65.1 cm³/mol. The fraction of sp³-hybridized carbons (Fsp3) is 0.846. The second kappa shape index (κ2) is 8.93. The van der Waals surface area contributed by atoms with Crippen LogP contribution in [0.15, 0.2) is 12.7 Å². The van der Waals surface area contributed by atoms with E-state index in [9.17, 15) is 0 Å². The van der Waals surface area contributed by atoms with E-state index in [2.05, 4.69) is 11.9 Å². The van der Waals surface area contributed by atoms with E-state index < -0.39 is 0 Å². The molecule has 1 aliphatic rings. The maximum absolute atomic E-state index is 5.34. The van der Waals surface area contributed by atoms with E-state index in [-0.39, 0.29) is 0 Å². The van der Waals surface area contributed by atoms with Gasteiger partial charge >= 0.3 is 0 Å². The Hall–Kier alpha value is -0.340. The normalized spacial score (nSPS) is 20.7. The maximum Gasteiger partial charge on any atom is 0.0495 e. The Morgan fingerprint density at radius 2 is 2.20 bits per heavy atom. The van der Waals surface area contributed by atoms with Crippen molar-refractivity contribution < 1.29 is 4.74 Å². The molecule has 1 rings (SSSR count). The van der Waals surface area contributed by atoms with E-state index in [1.54, 1.807) is 0 Å². The lowest BCUT2D eigenvalue weighted by atomic mass is 10.1. The Kier molecular flexibility index (Phi) is 7.58. The molecule has 1 atom stereocenters. The number of hydrogen-bond acceptors (Lipinski definition) is 2. The summed E-state index contributed by atoms with van der Waals surface area (Å²) in [5, 5.41) is 3.51. The average Bonchev–Trinajstić information content (AvgIpc) is 2.75. The summed E-state index contributed by atoms with van der Waals surface area (Å²) >= 11 is 0. The van der Waals surface area contributed by atoms with Crippen LogP contribution < -0.4 is 5.32 Å². The van der Waals surface area contributed by atoms with Gasteiger partial charge < -0.3 is 10.1 Å². The van der Waals surface area contributed by atoms with E-state index in [0.29, 0.717) is 0 Å². The molecule has 2 heteroatoms. The lowest BCUT2D eigenvalue weighted by molar-refractivity contribution is 0.184. The summed E-state index contributed by atoms with van der Waals surface area (Å²) < 4.78 is 5.34. The van der Waals surface area contributed by atoms with Gasteiger partial charge in [-0.15, -0.1) is 6.58 Å². The molecule has 2 nitrogen and oxygen atoms in total. The minimum absolute atomic E-state index is 0.818. The first kappa shape index (κ1) is 12.7. The molecule has 0 amide bonds. The van der Waals surface area contributed by atoms with Gasteiger partial charge in [0.25, 0.3) is 0 Å². The summed E-state index contributed by atoms with van der Waals surface area (Å²) in [6.07, 6.45) is 9.64. The predicted octanol–water partition coefficient (Wildman–Crippen LogP) is 2.75. The smallest absolute Gasteiger partial charge is 0.0495 e. The molecule has 88 valence electrons. The minimum Gasteiger partial charge on any atom is -0.381 e. The van der Waals surface area contributed by atoms with Crippen molar-refractivity contribution in [3.05, 3.63) is 12.7 Å². The van der Waals surface area contributed by atoms with E-state index in [1.165, 1.54) is 45.1 Å². The van der Waals surface area contributed by atoms with Gasteiger partial charge in [-0.05, 0) is 51.1 Å². The second-order valence-electron chi connectivity index (χ2n) is 4.41. The largest absolute Gasteiger partial charge is 0.381 e. The lowest BCUT2D eigenvalue weighted by Crippen LogP contribution is -2.19. The number of ether oxygens (including phenoxy) is 1. The van der Waals surface area contributed by atoms with Crippen molar-refractivity contribution in [1.29, 1.82) is 0 Å². The summed E-state index contributed by atoms with van der Waals surface area (Å²) in [5.74, 6) is 0.818. The first-order chi connectivity index (χ1) is 7.43. The number of unbranched alkanes of at least 4 members (excludes halogenated alkanes) is 3. The number of nitrogens with one attached hydrogen (secondary N) is 1. The van der Waals surface area contributed by atoms with Crippen molar-refractivity contribution in [2.75, 3.05) is 26.3 Å². The van der Waals surface area contributed by atoms with E-state index in [4.69, 9.17) is 4.74 Å². The maximum atomic E-state index is 5.34. The Balaban J connectivity index is 1.74. The molecule has 1 unspecified atom stereocenters. The van der Waals surface area contributed by atoms with Gasteiger partial charge in [-0.2, -0.15) is 0 Å². The van der Waals surface area contributed by atoms with Crippen LogP contribution in [-0.4, -0.2) is 26.3 Å². The van der Waals surface area contributed by atoms with E-state index in [1.807, 2.05) is 6.08 Å². The van der Waals surface area contributed by atoms with Gasteiger partial charge in [0.2, 0.25) is 0 Å². The molecule has 1 heterocycles. The molecule has 0 radical (unpaired) electrons. The highest BCUT2D eigenvalue weighted by Gasteiger charge is 2.14. The van der Waals surface area contributed by atoms with Crippen molar-refractivity contribution in [2.45, 2.75) is 38.5 Å². The minimum atomic E-state index is 0.818. The van der Waals surface area contributed by atoms with Gasteiger partial charge in [-0.3, -0.25) is 0 Å². The summed E-state index contributed by atoms with van der Waals surface area (Å²) in [7, 11) is 0. The molecular weight excluding hydrogens is 186 g/mol. The van der Waals surface area contributed by atoms with Crippen LogP contribution in [0.1, 0.15) is 38.5 Å². The monoisotopic (exact) mass is 211 g/mol. The first-order valence-electron chi connectivity index (χ1n) is 6.33. The Bertz CT molecular complexity index is 153. The van der Waals surface area contributed by atoms with Gasteiger partial charge in [0.05, 0.1) is 0 Å². The molecule has 0 aliphatic carbocycles. The highest BCUT2D eigenvalue weighted by atomic mass is 16.5. The van der Waals surface area contributed by atoms with Crippen molar-refractivity contribution in [2.24, 2.45) is 5.92 Å². The Morgan fingerprint density at radius 1 is 1.27 bits per heavy atom. The van der Waals surface area contributed by atoms with Crippen LogP contribution in [-0.2, 0) is 4.74 Å². The Morgan fingerprint density at radius 3 is 2.93 bits per heavy atom. The number of allylic oxidation sites excluding steroid dienone is 1. The summed E-state index contributed by atoms with van der Waals surface area (Å²) in [6.45, 7) is 8.02. The summed E-state index contributed by atoms with van der Waals surface area (Å²) in [5.41, 5.74) is 0. The molecule has 15 heavy (non-hydrogen) atoms. The first-order valence-corrected chi connectivity index (χ1v) is 6.33. The molecule has 0 spiro atoms. The zero-order chi connectivity index (χ0) is 10.8. The SMILES string of the molecule is C=CCCCCCNCCC1CCOC1. The number of rotatable bonds is 9. The fourth-order valence-corrected chi connectivity index (χ4v) is 1.96. The Labute approximate surface area is 94.1 Å². The van der Waals surface area contributed by atoms with Crippen LogP contribution in [0.5, 0.6) is 0 Å². The van der Waals surface area contributed by atoms with Gasteiger partial charge in [0.1, 0.15) is 0 Å². The van der Waals surface area contributed by atoms with Crippen molar-refractivity contribution >= 4 is 0 Å². The average molecular weight is 211 g/mol. The van der Waals surface area contributed by atoms with Crippen LogP contribution in [0, 0.1) is 5.92 Å². The third-order valence-corrected chi connectivity index (χ3v) is 3.02. The molecule has 1 aliphatic heterocycles. The highest BCUT2D eigenvalue weighted by molar-refractivity contribution is 4.66. The van der Waals surface area contributed by atoms with Crippen LogP contribution in [0.2, 0.25) is 0 Å². The van der Waals surface area contributed by atoms with Gasteiger partial charge in [0, 0.05) is 13.2 Å². The zero-order valence-electron chi connectivity index (χ0n) is 9.84. The molecular formula is C13H25NO. The molecule has 0 saturated carbocycles. The van der Waals surface area contributed by atoms with Crippen molar-refractivity contribution in [3.8, 4) is 0 Å². The van der Waals surface area contributed by atoms with E-state index in [0.717, 1.165) is 25.7 Å². The lowest BCUT2D eigenvalue weighted by Gasteiger charge is -2.08. The van der Waals surface area contributed by atoms with Crippen molar-refractivity contribution in [3.63, 3.8) is 0 Å².